The first kappa shape index (κ1) is 14.8. The summed E-state index contributed by atoms with van der Waals surface area (Å²) in [6.45, 7) is 4.09. The Morgan fingerprint density at radius 2 is 1.90 bits per heavy atom. The van der Waals surface area contributed by atoms with Gasteiger partial charge in [0.2, 0.25) is 0 Å². The number of rotatable bonds is 2. The molecule has 2 amide bonds. The minimum atomic E-state index is -0.319. The lowest BCUT2D eigenvalue weighted by molar-refractivity contribution is 0.0566. The minimum absolute atomic E-state index is 0.116. The van der Waals surface area contributed by atoms with E-state index < -0.39 is 0 Å². The predicted octanol–water partition coefficient (Wildman–Crippen LogP) is 1.76. The van der Waals surface area contributed by atoms with E-state index in [2.05, 4.69) is 20.9 Å². The first-order valence-electron chi connectivity index (χ1n) is 6.45. The largest absolute Gasteiger partial charge is 0.450 e. The van der Waals surface area contributed by atoms with Crippen LogP contribution in [0.4, 0.5) is 4.79 Å². The van der Waals surface area contributed by atoms with Crippen molar-refractivity contribution in [2.24, 2.45) is 0 Å². The van der Waals surface area contributed by atoms with Crippen molar-refractivity contribution in [1.29, 1.82) is 0 Å². The van der Waals surface area contributed by atoms with Gasteiger partial charge in [-0.15, -0.1) is 0 Å². The molecule has 0 N–H and O–H groups in total. The van der Waals surface area contributed by atoms with Crippen LogP contribution < -0.4 is 0 Å². The van der Waals surface area contributed by atoms with Gasteiger partial charge in [0.15, 0.2) is 0 Å². The summed E-state index contributed by atoms with van der Waals surface area (Å²) in [5.74, 6) is -0.116. The molecule has 0 radical (unpaired) electrons. The van der Waals surface area contributed by atoms with Gasteiger partial charge in [0, 0.05) is 26.2 Å². The Bertz CT molecular complexity index is 501. The molecule has 1 aliphatic rings. The quantitative estimate of drug-likeness (QED) is 0.769. The standard InChI is InChI=1S/C13H16BrN3O3/c1-2-20-13(19)17-8-6-16(7-9-17)12(18)10-4-3-5-11(14)15-10/h3-5H,2,6-9H2,1H3. The van der Waals surface area contributed by atoms with Crippen LogP contribution in [-0.2, 0) is 4.74 Å². The van der Waals surface area contributed by atoms with Crippen LogP contribution in [0.5, 0.6) is 0 Å². The van der Waals surface area contributed by atoms with Crippen molar-refractivity contribution in [3.8, 4) is 0 Å². The number of hydrogen-bond acceptors (Lipinski definition) is 4. The number of amides is 2. The van der Waals surface area contributed by atoms with Crippen LogP contribution >= 0.6 is 15.9 Å². The Morgan fingerprint density at radius 3 is 2.50 bits per heavy atom. The number of ether oxygens (including phenoxy) is 1. The molecule has 0 atom stereocenters. The van der Waals surface area contributed by atoms with E-state index in [4.69, 9.17) is 4.74 Å². The van der Waals surface area contributed by atoms with Crippen LogP contribution in [0.15, 0.2) is 22.8 Å². The molecule has 1 saturated heterocycles. The Morgan fingerprint density at radius 1 is 1.25 bits per heavy atom. The Kier molecular flexibility index (Phi) is 4.94. The Labute approximate surface area is 125 Å². The van der Waals surface area contributed by atoms with Crippen LogP contribution in [0.3, 0.4) is 0 Å². The molecular formula is C13H16BrN3O3. The monoisotopic (exact) mass is 341 g/mol. The molecule has 2 heterocycles. The fourth-order valence-corrected chi connectivity index (χ4v) is 2.34. The number of carbonyl (C=O) groups excluding carboxylic acids is 2. The van der Waals surface area contributed by atoms with Gasteiger partial charge < -0.3 is 14.5 Å². The zero-order chi connectivity index (χ0) is 14.5. The Hall–Kier alpha value is -1.63. The molecule has 108 valence electrons. The third-order valence-corrected chi connectivity index (χ3v) is 3.47. The molecule has 20 heavy (non-hydrogen) atoms. The molecule has 0 bridgehead atoms. The van der Waals surface area contributed by atoms with Gasteiger partial charge in [-0.1, -0.05) is 6.07 Å². The molecule has 7 heteroatoms. The number of aromatic nitrogens is 1. The SMILES string of the molecule is CCOC(=O)N1CCN(C(=O)c2cccc(Br)n2)CC1. The summed E-state index contributed by atoms with van der Waals surface area (Å²) in [4.78, 5) is 31.3. The fourth-order valence-electron chi connectivity index (χ4n) is 2.00. The van der Waals surface area contributed by atoms with E-state index in [1.807, 2.05) is 0 Å². The summed E-state index contributed by atoms with van der Waals surface area (Å²) in [5.41, 5.74) is 0.406. The maximum absolute atomic E-state index is 12.3. The molecule has 1 aromatic heterocycles. The van der Waals surface area contributed by atoms with Gasteiger partial charge in [-0.3, -0.25) is 4.79 Å². The van der Waals surface area contributed by atoms with Crippen molar-refractivity contribution >= 4 is 27.9 Å². The molecule has 0 saturated carbocycles. The van der Waals surface area contributed by atoms with Crippen LogP contribution in [0.1, 0.15) is 17.4 Å². The second kappa shape index (κ2) is 6.69. The fraction of sp³-hybridized carbons (Fsp3) is 0.462. The minimum Gasteiger partial charge on any atom is -0.450 e. The average molecular weight is 342 g/mol. The number of nitrogens with zero attached hydrogens (tertiary/aromatic N) is 3. The summed E-state index contributed by atoms with van der Waals surface area (Å²) in [6.07, 6.45) is -0.319. The van der Waals surface area contributed by atoms with Crippen LogP contribution in [0.25, 0.3) is 0 Å². The molecular weight excluding hydrogens is 326 g/mol. The highest BCUT2D eigenvalue weighted by atomic mass is 79.9. The van der Waals surface area contributed by atoms with Crippen molar-refractivity contribution in [2.45, 2.75) is 6.92 Å². The summed E-state index contributed by atoms with van der Waals surface area (Å²) in [6, 6.07) is 5.24. The number of carbonyl (C=O) groups is 2. The van der Waals surface area contributed by atoms with Gasteiger partial charge in [0.1, 0.15) is 10.3 Å². The zero-order valence-corrected chi connectivity index (χ0v) is 12.8. The maximum Gasteiger partial charge on any atom is 0.409 e. The third kappa shape index (κ3) is 3.47. The maximum atomic E-state index is 12.3. The van der Waals surface area contributed by atoms with Crippen LogP contribution in [0, 0.1) is 0 Å². The van der Waals surface area contributed by atoms with Gasteiger partial charge in [0.05, 0.1) is 6.61 Å². The zero-order valence-electron chi connectivity index (χ0n) is 11.2. The molecule has 0 unspecified atom stereocenters. The van der Waals surface area contributed by atoms with E-state index in [1.165, 1.54) is 0 Å². The lowest BCUT2D eigenvalue weighted by Crippen LogP contribution is -2.50. The molecule has 2 rings (SSSR count). The van der Waals surface area contributed by atoms with E-state index in [0.29, 0.717) is 43.1 Å². The van der Waals surface area contributed by atoms with Crippen molar-refractivity contribution in [1.82, 2.24) is 14.8 Å². The highest BCUT2D eigenvalue weighted by molar-refractivity contribution is 9.10. The van der Waals surface area contributed by atoms with E-state index >= 15 is 0 Å². The smallest absolute Gasteiger partial charge is 0.409 e. The summed E-state index contributed by atoms with van der Waals surface area (Å²) in [7, 11) is 0. The number of pyridine rings is 1. The van der Waals surface area contributed by atoms with Crippen molar-refractivity contribution < 1.29 is 14.3 Å². The Balaban J connectivity index is 1.93. The summed E-state index contributed by atoms with van der Waals surface area (Å²) in [5, 5.41) is 0. The average Bonchev–Trinajstić information content (AvgIpc) is 2.47. The van der Waals surface area contributed by atoms with Crippen molar-refractivity contribution in [2.75, 3.05) is 32.8 Å². The van der Waals surface area contributed by atoms with Crippen molar-refractivity contribution in [3.05, 3.63) is 28.5 Å². The summed E-state index contributed by atoms with van der Waals surface area (Å²) >= 11 is 3.25. The van der Waals surface area contributed by atoms with Crippen LogP contribution in [-0.4, -0.2) is 59.6 Å². The van der Waals surface area contributed by atoms with E-state index in [1.54, 1.807) is 34.9 Å². The summed E-state index contributed by atoms with van der Waals surface area (Å²) < 4.78 is 5.58. The second-order valence-corrected chi connectivity index (χ2v) is 5.14. The first-order chi connectivity index (χ1) is 9.61. The predicted molar refractivity (Wildman–Crippen MR) is 76.4 cm³/mol. The van der Waals surface area contributed by atoms with Gasteiger partial charge >= 0.3 is 6.09 Å². The highest BCUT2D eigenvalue weighted by Gasteiger charge is 2.25. The lowest BCUT2D eigenvalue weighted by Gasteiger charge is -2.33. The molecule has 1 fully saturated rings. The molecule has 0 spiro atoms. The van der Waals surface area contributed by atoms with Gasteiger partial charge in [-0.25, -0.2) is 9.78 Å². The van der Waals surface area contributed by atoms with E-state index in [0.717, 1.165) is 0 Å². The molecule has 0 aliphatic carbocycles. The van der Waals surface area contributed by atoms with E-state index in [-0.39, 0.29) is 12.0 Å². The molecule has 1 aliphatic heterocycles. The normalized spacial score (nSPS) is 15.1. The highest BCUT2D eigenvalue weighted by Crippen LogP contribution is 2.11. The van der Waals surface area contributed by atoms with Gasteiger partial charge in [-0.05, 0) is 35.0 Å². The van der Waals surface area contributed by atoms with Gasteiger partial charge in [-0.2, -0.15) is 0 Å². The third-order valence-electron chi connectivity index (χ3n) is 3.03. The van der Waals surface area contributed by atoms with E-state index in [9.17, 15) is 9.59 Å². The first-order valence-corrected chi connectivity index (χ1v) is 7.24. The lowest BCUT2D eigenvalue weighted by atomic mass is 10.2. The molecule has 6 nitrogen and oxygen atoms in total. The topological polar surface area (TPSA) is 62.7 Å². The van der Waals surface area contributed by atoms with Gasteiger partial charge in [0.25, 0.3) is 5.91 Å². The molecule has 0 aromatic carbocycles. The number of halogens is 1. The number of piperazine rings is 1. The molecule has 1 aromatic rings. The second-order valence-electron chi connectivity index (χ2n) is 4.32. The number of hydrogen-bond donors (Lipinski definition) is 0. The van der Waals surface area contributed by atoms with Crippen molar-refractivity contribution in [3.63, 3.8) is 0 Å². The van der Waals surface area contributed by atoms with Crippen LogP contribution in [0.2, 0.25) is 0 Å².